The van der Waals surface area contributed by atoms with Gasteiger partial charge in [-0.3, -0.25) is 0 Å². The van der Waals surface area contributed by atoms with E-state index in [1.54, 1.807) is 11.3 Å². The molecular weight excluding hydrogens is 234 g/mol. The first-order chi connectivity index (χ1) is 8.13. The maximum absolute atomic E-state index is 11.9. The number of hydrogen-bond donors (Lipinski definition) is 1. The highest BCUT2D eigenvalue weighted by Gasteiger charge is 2.29. The van der Waals surface area contributed by atoms with E-state index >= 15 is 0 Å². The minimum Gasteiger partial charge on any atom is -0.338 e. The molecule has 0 aliphatic heterocycles. The van der Waals surface area contributed by atoms with Crippen molar-refractivity contribution < 1.29 is 4.79 Å². The second kappa shape index (κ2) is 5.04. The molecule has 0 saturated carbocycles. The fraction of sp³-hybridized carbons (Fsp3) is 0.667. The van der Waals surface area contributed by atoms with Crippen molar-refractivity contribution in [1.82, 2.24) is 15.2 Å². The zero-order chi connectivity index (χ0) is 12.4. The van der Waals surface area contributed by atoms with Gasteiger partial charge in [0.15, 0.2) is 0 Å². The lowest BCUT2D eigenvalue weighted by atomic mass is 9.97. The second-order valence-corrected chi connectivity index (χ2v) is 5.63. The third kappa shape index (κ3) is 2.44. The van der Waals surface area contributed by atoms with E-state index in [2.05, 4.69) is 10.3 Å². The van der Waals surface area contributed by atoms with Crippen LogP contribution in [0.25, 0.3) is 0 Å². The zero-order valence-corrected chi connectivity index (χ0v) is 11.4. The van der Waals surface area contributed by atoms with Crippen LogP contribution in [0, 0.1) is 6.92 Å². The number of carbonyl (C=O) groups is 1. The van der Waals surface area contributed by atoms with Crippen LogP contribution in [0.4, 0.5) is 4.79 Å². The Bertz CT molecular complexity index is 416. The lowest BCUT2D eigenvalue weighted by Crippen LogP contribution is -2.40. The summed E-state index contributed by atoms with van der Waals surface area (Å²) in [5, 5.41) is 3.95. The van der Waals surface area contributed by atoms with Gasteiger partial charge in [0.2, 0.25) is 0 Å². The Morgan fingerprint density at radius 3 is 3.12 bits per heavy atom. The Labute approximate surface area is 106 Å². The fourth-order valence-electron chi connectivity index (χ4n) is 2.31. The van der Waals surface area contributed by atoms with Crippen LogP contribution in [-0.2, 0) is 6.42 Å². The minimum absolute atomic E-state index is 0.0106. The van der Waals surface area contributed by atoms with Gasteiger partial charge in [0.25, 0.3) is 0 Å². The maximum atomic E-state index is 11.9. The summed E-state index contributed by atoms with van der Waals surface area (Å²) >= 11 is 1.73. The molecule has 1 aliphatic rings. The van der Waals surface area contributed by atoms with Crippen molar-refractivity contribution in [2.45, 2.75) is 39.2 Å². The molecule has 1 aromatic rings. The summed E-state index contributed by atoms with van der Waals surface area (Å²) in [6, 6.07) is 0.216. The number of thiazole rings is 1. The number of carbonyl (C=O) groups excluding carboxylic acids is 1. The first-order valence-corrected chi connectivity index (χ1v) is 6.92. The predicted molar refractivity (Wildman–Crippen MR) is 69.4 cm³/mol. The van der Waals surface area contributed by atoms with E-state index < -0.39 is 0 Å². The van der Waals surface area contributed by atoms with Crippen LogP contribution in [0.2, 0.25) is 0 Å². The monoisotopic (exact) mass is 253 g/mol. The van der Waals surface area contributed by atoms with Gasteiger partial charge in [0.05, 0.1) is 21.6 Å². The van der Waals surface area contributed by atoms with Crippen molar-refractivity contribution in [1.29, 1.82) is 0 Å². The summed E-state index contributed by atoms with van der Waals surface area (Å²) in [5.41, 5.74) is 1.19. The van der Waals surface area contributed by atoms with E-state index in [1.165, 1.54) is 10.6 Å². The van der Waals surface area contributed by atoms with Crippen LogP contribution >= 0.6 is 11.3 Å². The lowest BCUT2D eigenvalue weighted by molar-refractivity contribution is 0.185. The summed E-state index contributed by atoms with van der Waals surface area (Å²) in [6.45, 7) is 4.64. The van der Waals surface area contributed by atoms with Crippen molar-refractivity contribution in [2.24, 2.45) is 0 Å². The van der Waals surface area contributed by atoms with Crippen LogP contribution in [0.5, 0.6) is 0 Å². The Morgan fingerprint density at radius 2 is 2.41 bits per heavy atom. The van der Waals surface area contributed by atoms with Crippen LogP contribution < -0.4 is 5.32 Å². The molecule has 2 rings (SSSR count). The summed E-state index contributed by atoms with van der Waals surface area (Å²) in [4.78, 5) is 19.5. The Kier molecular flexibility index (Phi) is 3.66. The van der Waals surface area contributed by atoms with E-state index in [0.717, 1.165) is 24.3 Å². The van der Waals surface area contributed by atoms with Crippen molar-refractivity contribution in [3.63, 3.8) is 0 Å². The van der Waals surface area contributed by atoms with Gasteiger partial charge in [-0.2, -0.15) is 0 Å². The zero-order valence-electron chi connectivity index (χ0n) is 10.6. The summed E-state index contributed by atoms with van der Waals surface area (Å²) < 4.78 is 0. The summed E-state index contributed by atoms with van der Waals surface area (Å²) in [5.74, 6) is 0. The number of rotatable bonds is 2. The van der Waals surface area contributed by atoms with Crippen LogP contribution in [-0.4, -0.2) is 29.5 Å². The standard InChI is InChI=1S/C12H19N3OS/c1-4-13-12(16)15(3)10-7-5-6-9-11(10)17-8(2)14-9/h10H,4-7H2,1-3H3,(H,13,16). The SMILES string of the molecule is CCNC(=O)N(C)C1CCCc2nc(C)sc21. The van der Waals surface area contributed by atoms with Crippen molar-refractivity contribution in [2.75, 3.05) is 13.6 Å². The largest absolute Gasteiger partial charge is 0.338 e. The number of nitrogens with one attached hydrogen (secondary N) is 1. The molecule has 0 bridgehead atoms. The number of nitrogens with zero attached hydrogens (tertiary/aromatic N) is 2. The molecule has 0 spiro atoms. The van der Waals surface area contributed by atoms with Gasteiger partial charge >= 0.3 is 6.03 Å². The highest BCUT2D eigenvalue weighted by molar-refractivity contribution is 7.11. The molecule has 1 N–H and O–H groups in total. The Hall–Kier alpha value is -1.10. The van der Waals surface area contributed by atoms with Gasteiger partial charge in [-0.15, -0.1) is 11.3 Å². The van der Waals surface area contributed by atoms with Crippen LogP contribution in [0.1, 0.15) is 41.4 Å². The molecule has 0 aromatic carbocycles. The molecule has 1 unspecified atom stereocenters. The molecule has 94 valence electrons. The molecule has 5 heteroatoms. The molecule has 1 atom stereocenters. The first-order valence-electron chi connectivity index (χ1n) is 6.10. The molecule has 17 heavy (non-hydrogen) atoms. The summed E-state index contributed by atoms with van der Waals surface area (Å²) in [6.07, 6.45) is 3.21. The molecule has 0 saturated heterocycles. The molecule has 1 heterocycles. The third-order valence-electron chi connectivity index (χ3n) is 3.14. The molecule has 0 radical (unpaired) electrons. The Balaban J connectivity index is 2.20. The first kappa shape index (κ1) is 12.4. The third-order valence-corrected chi connectivity index (χ3v) is 4.26. The fourth-order valence-corrected chi connectivity index (χ4v) is 3.46. The highest BCUT2D eigenvalue weighted by atomic mass is 32.1. The molecule has 1 aromatic heterocycles. The lowest BCUT2D eigenvalue weighted by Gasteiger charge is -2.30. The van der Waals surface area contributed by atoms with E-state index in [4.69, 9.17) is 0 Å². The topological polar surface area (TPSA) is 45.2 Å². The molecular formula is C12H19N3OS. The van der Waals surface area contributed by atoms with Gasteiger partial charge in [-0.05, 0) is 33.1 Å². The van der Waals surface area contributed by atoms with E-state index in [9.17, 15) is 4.79 Å². The number of fused-ring (bicyclic) bond motifs is 1. The quantitative estimate of drug-likeness (QED) is 0.880. The van der Waals surface area contributed by atoms with Crippen molar-refractivity contribution in [3.8, 4) is 0 Å². The van der Waals surface area contributed by atoms with Gasteiger partial charge in [0.1, 0.15) is 0 Å². The average Bonchev–Trinajstić information content (AvgIpc) is 2.68. The van der Waals surface area contributed by atoms with Crippen molar-refractivity contribution in [3.05, 3.63) is 15.6 Å². The highest BCUT2D eigenvalue weighted by Crippen LogP contribution is 2.37. The second-order valence-electron chi connectivity index (χ2n) is 4.40. The van der Waals surface area contributed by atoms with Gasteiger partial charge in [-0.25, -0.2) is 9.78 Å². The molecule has 2 amide bonds. The van der Waals surface area contributed by atoms with E-state index in [0.29, 0.717) is 6.54 Å². The normalized spacial score (nSPS) is 18.6. The van der Waals surface area contributed by atoms with Crippen LogP contribution in [0.3, 0.4) is 0 Å². The maximum Gasteiger partial charge on any atom is 0.317 e. The predicted octanol–water partition coefficient (Wildman–Crippen LogP) is 2.49. The van der Waals surface area contributed by atoms with Gasteiger partial charge < -0.3 is 10.2 Å². The van der Waals surface area contributed by atoms with E-state index in [1.807, 2.05) is 25.8 Å². The van der Waals surface area contributed by atoms with Gasteiger partial charge in [0, 0.05) is 13.6 Å². The van der Waals surface area contributed by atoms with E-state index in [-0.39, 0.29) is 12.1 Å². The molecule has 4 nitrogen and oxygen atoms in total. The number of amides is 2. The smallest absolute Gasteiger partial charge is 0.317 e. The number of urea groups is 1. The number of aromatic nitrogens is 1. The number of hydrogen-bond acceptors (Lipinski definition) is 3. The minimum atomic E-state index is 0.0106. The Morgan fingerprint density at radius 1 is 1.65 bits per heavy atom. The van der Waals surface area contributed by atoms with Gasteiger partial charge in [-0.1, -0.05) is 0 Å². The van der Waals surface area contributed by atoms with Crippen molar-refractivity contribution >= 4 is 17.4 Å². The molecule has 1 aliphatic carbocycles. The number of aryl methyl sites for hydroxylation is 2. The van der Waals surface area contributed by atoms with Crippen LogP contribution in [0.15, 0.2) is 0 Å². The average molecular weight is 253 g/mol. The summed E-state index contributed by atoms with van der Waals surface area (Å²) in [7, 11) is 1.87. The molecule has 0 fully saturated rings.